The van der Waals surface area contributed by atoms with Gasteiger partial charge in [0.25, 0.3) is 17.4 Å². The first-order chi connectivity index (χ1) is 18.9. The summed E-state index contributed by atoms with van der Waals surface area (Å²) in [6, 6.07) is 14.2. The van der Waals surface area contributed by atoms with E-state index < -0.39 is 22.7 Å². The van der Waals surface area contributed by atoms with Gasteiger partial charge in [0.15, 0.2) is 0 Å². The Hall–Kier alpha value is -4.35. The van der Waals surface area contributed by atoms with E-state index >= 15 is 0 Å². The van der Waals surface area contributed by atoms with E-state index in [2.05, 4.69) is 10.00 Å². The SMILES string of the molecule is Cc1c(C(O)=C2C(=O)C(=O)N(CCCN3CCOCC3)C2c2cccc([N+](=O)[O-])c2)cnn1-c1ccccc1. The van der Waals surface area contributed by atoms with Crippen LogP contribution in [0.2, 0.25) is 0 Å². The summed E-state index contributed by atoms with van der Waals surface area (Å²) in [5.74, 6) is -1.94. The van der Waals surface area contributed by atoms with Gasteiger partial charge in [0.1, 0.15) is 5.76 Å². The average Bonchev–Trinajstić information content (AvgIpc) is 3.46. The Bertz CT molecular complexity index is 1430. The fraction of sp³-hybridized carbons (Fsp3) is 0.321. The van der Waals surface area contributed by atoms with Gasteiger partial charge < -0.3 is 14.7 Å². The lowest BCUT2D eigenvalue weighted by Gasteiger charge is -2.29. The lowest BCUT2D eigenvalue weighted by molar-refractivity contribution is -0.384. The molecule has 202 valence electrons. The molecule has 1 amide bonds. The smallest absolute Gasteiger partial charge is 0.295 e. The van der Waals surface area contributed by atoms with Crippen molar-refractivity contribution in [1.82, 2.24) is 19.6 Å². The summed E-state index contributed by atoms with van der Waals surface area (Å²) in [5.41, 5.74) is 1.76. The number of aliphatic hydroxyl groups is 1. The topological polar surface area (TPSA) is 131 Å². The van der Waals surface area contributed by atoms with Crippen molar-refractivity contribution in [2.24, 2.45) is 0 Å². The number of nitrogens with zero attached hydrogens (tertiary/aromatic N) is 5. The lowest BCUT2D eigenvalue weighted by Crippen LogP contribution is -2.39. The minimum Gasteiger partial charge on any atom is -0.507 e. The van der Waals surface area contributed by atoms with Crippen LogP contribution in [0.4, 0.5) is 5.69 Å². The van der Waals surface area contributed by atoms with Crippen LogP contribution in [-0.4, -0.2) is 80.7 Å². The molecule has 2 fully saturated rings. The Morgan fingerprint density at radius 2 is 1.85 bits per heavy atom. The third kappa shape index (κ3) is 5.18. The number of benzene rings is 2. The maximum atomic E-state index is 13.4. The third-order valence-electron chi connectivity index (χ3n) is 7.18. The summed E-state index contributed by atoms with van der Waals surface area (Å²) >= 11 is 0. The Labute approximate surface area is 225 Å². The minimum absolute atomic E-state index is 0.109. The van der Waals surface area contributed by atoms with Gasteiger partial charge in [-0.1, -0.05) is 30.3 Å². The summed E-state index contributed by atoms with van der Waals surface area (Å²) in [6.07, 6.45) is 2.04. The zero-order valence-electron chi connectivity index (χ0n) is 21.5. The number of likely N-dealkylation sites (tertiary alicyclic amines) is 1. The largest absolute Gasteiger partial charge is 0.507 e. The maximum Gasteiger partial charge on any atom is 0.295 e. The van der Waals surface area contributed by atoms with Crippen molar-refractivity contribution >= 4 is 23.1 Å². The van der Waals surface area contributed by atoms with Gasteiger partial charge in [0, 0.05) is 38.3 Å². The number of ether oxygens (including phenoxy) is 1. The standard InChI is InChI=1S/C28H29N5O6/c1-19-23(18-29-32(19)21-8-3-2-4-9-21)26(34)24-25(20-7-5-10-22(17-20)33(37)38)31(28(36)27(24)35)12-6-11-30-13-15-39-16-14-30/h2-5,7-10,17-18,25,34H,6,11-16H2,1H3. The van der Waals surface area contributed by atoms with Crippen molar-refractivity contribution in [3.05, 3.63) is 93.3 Å². The van der Waals surface area contributed by atoms with E-state index in [4.69, 9.17) is 4.74 Å². The van der Waals surface area contributed by atoms with Gasteiger partial charge in [-0.15, -0.1) is 0 Å². The first-order valence-corrected chi connectivity index (χ1v) is 12.8. The van der Waals surface area contributed by atoms with Gasteiger partial charge in [-0.25, -0.2) is 4.68 Å². The van der Waals surface area contributed by atoms with Crippen molar-refractivity contribution in [1.29, 1.82) is 0 Å². The van der Waals surface area contributed by atoms with Crippen LogP contribution < -0.4 is 0 Å². The molecule has 11 heteroatoms. The maximum absolute atomic E-state index is 13.4. The van der Waals surface area contributed by atoms with Crippen molar-refractivity contribution in [2.45, 2.75) is 19.4 Å². The van der Waals surface area contributed by atoms with Crippen LogP contribution in [0.25, 0.3) is 11.4 Å². The number of non-ortho nitro benzene ring substituents is 1. The van der Waals surface area contributed by atoms with Crippen LogP contribution in [0.1, 0.15) is 29.3 Å². The number of para-hydroxylation sites is 1. The van der Waals surface area contributed by atoms with E-state index in [9.17, 15) is 24.8 Å². The Kier molecular flexibility index (Phi) is 7.53. The molecule has 0 bridgehead atoms. The predicted octanol–water partition coefficient (Wildman–Crippen LogP) is 3.23. The van der Waals surface area contributed by atoms with Crippen LogP contribution >= 0.6 is 0 Å². The number of aliphatic hydroxyl groups excluding tert-OH is 1. The second-order valence-corrected chi connectivity index (χ2v) is 9.54. The molecule has 0 aliphatic carbocycles. The number of carbonyl (C=O) groups excluding carboxylic acids is 2. The molecule has 11 nitrogen and oxygen atoms in total. The number of Topliss-reactive ketones (excluding diaryl/α,β-unsaturated/α-hetero) is 1. The third-order valence-corrected chi connectivity index (χ3v) is 7.18. The number of ketones is 1. The predicted molar refractivity (Wildman–Crippen MR) is 142 cm³/mol. The van der Waals surface area contributed by atoms with Gasteiger partial charge in [-0.05, 0) is 31.0 Å². The fourth-order valence-electron chi connectivity index (χ4n) is 5.17. The highest BCUT2D eigenvalue weighted by molar-refractivity contribution is 6.46. The fourth-order valence-corrected chi connectivity index (χ4v) is 5.17. The number of hydrogen-bond acceptors (Lipinski definition) is 8. The van der Waals surface area contributed by atoms with Gasteiger partial charge >= 0.3 is 0 Å². The molecule has 5 rings (SSSR count). The molecular formula is C28H29N5O6. The van der Waals surface area contributed by atoms with Crippen LogP contribution in [0.3, 0.4) is 0 Å². The Morgan fingerprint density at radius 3 is 2.56 bits per heavy atom. The van der Waals surface area contributed by atoms with Crippen molar-refractivity contribution in [2.75, 3.05) is 39.4 Å². The highest BCUT2D eigenvalue weighted by atomic mass is 16.6. The molecule has 2 aliphatic rings. The second-order valence-electron chi connectivity index (χ2n) is 9.54. The normalized spacial score (nSPS) is 19.5. The van der Waals surface area contributed by atoms with Gasteiger partial charge in [-0.2, -0.15) is 5.10 Å². The molecule has 1 N–H and O–H groups in total. The van der Waals surface area contributed by atoms with Crippen LogP contribution in [0.5, 0.6) is 0 Å². The zero-order valence-corrected chi connectivity index (χ0v) is 21.5. The number of amides is 1. The van der Waals surface area contributed by atoms with Crippen LogP contribution in [-0.2, 0) is 14.3 Å². The molecule has 0 spiro atoms. The van der Waals surface area contributed by atoms with E-state index in [-0.39, 0.29) is 23.6 Å². The molecule has 1 atom stereocenters. The summed E-state index contributed by atoms with van der Waals surface area (Å²) in [7, 11) is 0. The van der Waals surface area contributed by atoms with Crippen LogP contribution in [0, 0.1) is 17.0 Å². The van der Waals surface area contributed by atoms with Crippen LogP contribution in [0.15, 0.2) is 66.4 Å². The number of aromatic nitrogens is 2. The molecule has 3 heterocycles. The molecule has 0 saturated carbocycles. The average molecular weight is 532 g/mol. The van der Waals surface area contributed by atoms with E-state index in [1.165, 1.54) is 29.3 Å². The molecule has 2 aromatic carbocycles. The highest BCUT2D eigenvalue weighted by Gasteiger charge is 2.46. The summed E-state index contributed by atoms with van der Waals surface area (Å²) in [4.78, 5) is 41.3. The molecule has 3 aromatic rings. The van der Waals surface area contributed by atoms with E-state index in [1.807, 2.05) is 30.3 Å². The Morgan fingerprint density at radius 1 is 1.10 bits per heavy atom. The molecule has 0 radical (unpaired) electrons. The molecule has 2 aliphatic heterocycles. The summed E-state index contributed by atoms with van der Waals surface area (Å²) in [6.45, 7) is 5.58. The molecule has 39 heavy (non-hydrogen) atoms. The van der Waals surface area contributed by atoms with Gasteiger partial charge in [0.05, 0.1) is 52.9 Å². The Balaban J connectivity index is 1.54. The summed E-state index contributed by atoms with van der Waals surface area (Å²) in [5, 5.41) is 27.4. The quantitative estimate of drug-likeness (QED) is 0.154. The molecular weight excluding hydrogens is 502 g/mol. The number of nitro benzene ring substituents is 1. The first-order valence-electron chi connectivity index (χ1n) is 12.8. The molecule has 1 aromatic heterocycles. The minimum atomic E-state index is -0.978. The number of morpholine rings is 1. The van der Waals surface area contributed by atoms with Crippen molar-refractivity contribution in [3.63, 3.8) is 0 Å². The van der Waals surface area contributed by atoms with Gasteiger partial charge in [0.2, 0.25) is 0 Å². The zero-order chi connectivity index (χ0) is 27.5. The number of carbonyl (C=O) groups is 2. The monoisotopic (exact) mass is 531 g/mol. The number of hydrogen-bond donors (Lipinski definition) is 1. The van der Waals surface area contributed by atoms with E-state index in [1.54, 1.807) is 17.7 Å². The molecule has 1 unspecified atom stereocenters. The second kappa shape index (κ2) is 11.2. The number of nitro groups is 1. The van der Waals surface area contributed by atoms with Gasteiger partial charge in [-0.3, -0.25) is 24.6 Å². The highest BCUT2D eigenvalue weighted by Crippen LogP contribution is 2.40. The first kappa shape index (κ1) is 26.3. The van der Waals surface area contributed by atoms with E-state index in [0.29, 0.717) is 43.0 Å². The number of rotatable bonds is 8. The summed E-state index contributed by atoms with van der Waals surface area (Å²) < 4.78 is 7.03. The van der Waals surface area contributed by atoms with Crippen molar-refractivity contribution in [3.8, 4) is 5.69 Å². The lowest BCUT2D eigenvalue weighted by atomic mass is 9.95. The van der Waals surface area contributed by atoms with E-state index in [0.717, 1.165) is 18.8 Å². The van der Waals surface area contributed by atoms with Crippen molar-refractivity contribution < 1.29 is 24.4 Å². The molecule has 2 saturated heterocycles.